The van der Waals surface area contributed by atoms with Crippen molar-refractivity contribution >= 4 is 23.2 Å². The van der Waals surface area contributed by atoms with Crippen LogP contribution in [0.4, 0.5) is 11.4 Å². The highest BCUT2D eigenvalue weighted by Crippen LogP contribution is 2.36. The first-order valence-corrected chi connectivity index (χ1v) is 9.03. The molecule has 0 aromatic heterocycles. The van der Waals surface area contributed by atoms with Crippen molar-refractivity contribution in [2.24, 2.45) is 5.92 Å². The average molecular weight is 330 g/mol. The molecule has 1 N–H and O–H groups in total. The van der Waals surface area contributed by atoms with E-state index in [4.69, 9.17) is 4.74 Å². The van der Waals surface area contributed by atoms with Crippen LogP contribution in [0.15, 0.2) is 18.2 Å². The van der Waals surface area contributed by atoms with E-state index >= 15 is 0 Å². The second kappa shape index (κ2) is 7.24. The highest BCUT2D eigenvalue weighted by atomic mass is 16.5. The summed E-state index contributed by atoms with van der Waals surface area (Å²) >= 11 is 0. The molecule has 0 spiro atoms. The summed E-state index contributed by atoms with van der Waals surface area (Å²) < 4.78 is 5.75. The Labute approximate surface area is 143 Å². The van der Waals surface area contributed by atoms with Crippen molar-refractivity contribution in [1.29, 1.82) is 0 Å². The van der Waals surface area contributed by atoms with Crippen molar-refractivity contribution in [3.05, 3.63) is 18.2 Å². The summed E-state index contributed by atoms with van der Waals surface area (Å²) in [6.07, 6.45) is 5.85. The van der Waals surface area contributed by atoms with Gasteiger partial charge in [0.1, 0.15) is 5.75 Å². The minimum absolute atomic E-state index is 0.0108. The van der Waals surface area contributed by atoms with Crippen LogP contribution < -0.4 is 15.0 Å². The Bertz CT molecular complexity index is 623. The van der Waals surface area contributed by atoms with E-state index in [0.717, 1.165) is 43.5 Å². The van der Waals surface area contributed by atoms with Gasteiger partial charge in [-0.25, -0.2) is 0 Å². The first-order valence-electron chi connectivity index (χ1n) is 9.03. The van der Waals surface area contributed by atoms with Crippen molar-refractivity contribution in [3.8, 4) is 5.75 Å². The van der Waals surface area contributed by atoms with Crippen LogP contribution in [0.5, 0.6) is 5.75 Å². The molecule has 24 heavy (non-hydrogen) atoms. The highest BCUT2D eigenvalue weighted by Gasteiger charge is 2.31. The molecule has 1 fully saturated rings. The maximum atomic E-state index is 12.4. The van der Waals surface area contributed by atoms with E-state index in [9.17, 15) is 9.59 Å². The lowest BCUT2D eigenvalue weighted by Gasteiger charge is -2.33. The number of nitrogens with zero attached hydrogens (tertiary/aromatic N) is 1. The summed E-state index contributed by atoms with van der Waals surface area (Å²) in [5.41, 5.74) is 1.53. The summed E-state index contributed by atoms with van der Waals surface area (Å²) in [7, 11) is 0. The second-order valence-corrected chi connectivity index (χ2v) is 6.76. The molecular weight excluding hydrogens is 304 g/mol. The van der Waals surface area contributed by atoms with E-state index in [-0.39, 0.29) is 17.7 Å². The van der Waals surface area contributed by atoms with Gasteiger partial charge in [-0.15, -0.1) is 0 Å². The Hall–Kier alpha value is -2.04. The van der Waals surface area contributed by atoms with Crippen LogP contribution in [-0.4, -0.2) is 24.5 Å². The number of rotatable bonds is 4. The number of ether oxygens (including phenoxy) is 1. The number of hydrogen-bond acceptors (Lipinski definition) is 3. The topological polar surface area (TPSA) is 58.6 Å². The van der Waals surface area contributed by atoms with Crippen LogP contribution in [0.2, 0.25) is 0 Å². The largest absolute Gasteiger partial charge is 0.479 e. The predicted molar refractivity (Wildman–Crippen MR) is 94.4 cm³/mol. The fourth-order valence-electron chi connectivity index (χ4n) is 3.55. The number of amides is 2. The Morgan fingerprint density at radius 3 is 2.75 bits per heavy atom. The molecule has 1 aromatic rings. The third kappa shape index (κ3) is 3.40. The Morgan fingerprint density at radius 2 is 2.04 bits per heavy atom. The SMILES string of the molecule is CCCN1C(=O)C(C)Oc2cc(NC(=O)C3CCCCC3)ccc21. The van der Waals surface area contributed by atoms with Crippen LogP contribution in [0.3, 0.4) is 0 Å². The number of carbonyl (C=O) groups excluding carboxylic acids is 2. The zero-order chi connectivity index (χ0) is 17.1. The van der Waals surface area contributed by atoms with Gasteiger partial charge in [-0.1, -0.05) is 26.2 Å². The average Bonchev–Trinajstić information content (AvgIpc) is 2.59. The van der Waals surface area contributed by atoms with Gasteiger partial charge in [0.25, 0.3) is 5.91 Å². The Kier molecular flexibility index (Phi) is 5.07. The van der Waals surface area contributed by atoms with Gasteiger partial charge in [0.2, 0.25) is 5.91 Å². The lowest BCUT2D eigenvalue weighted by atomic mass is 9.88. The number of hydrogen-bond donors (Lipinski definition) is 1. The van der Waals surface area contributed by atoms with Crippen LogP contribution in [0.1, 0.15) is 52.4 Å². The third-order valence-corrected chi connectivity index (χ3v) is 4.86. The van der Waals surface area contributed by atoms with Gasteiger partial charge >= 0.3 is 0 Å². The quantitative estimate of drug-likeness (QED) is 0.915. The van der Waals surface area contributed by atoms with E-state index in [1.54, 1.807) is 11.8 Å². The molecule has 1 aromatic carbocycles. The summed E-state index contributed by atoms with van der Waals surface area (Å²) in [5, 5.41) is 3.01. The summed E-state index contributed by atoms with van der Waals surface area (Å²) in [6, 6.07) is 5.56. The van der Waals surface area contributed by atoms with Gasteiger partial charge in [-0.2, -0.15) is 0 Å². The molecule has 1 aliphatic heterocycles. The molecule has 1 saturated carbocycles. The fourth-order valence-corrected chi connectivity index (χ4v) is 3.55. The van der Waals surface area contributed by atoms with Crippen molar-refractivity contribution in [2.45, 2.75) is 58.5 Å². The molecule has 2 amide bonds. The maximum absolute atomic E-state index is 12.4. The third-order valence-electron chi connectivity index (χ3n) is 4.86. The van der Waals surface area contributed by atoms with Crippen molar-refractivity contribution in [3.63, 3.8) is 0 Å². The van der Waals surface area contributed by atoms with E-state index < -0.39 is 6.10 Å². The predicted octanol–water partition coefficient (Wildman–Crippen LogP) is 3.73. The monoisotopic (exact) mass is 330 g/mol. The van der Waals surface area contributed by atoms with Crippen LogP contribution in [0.25, 0.3) is 0 Å². The number of nitrogens with one attached hydrogen (secondary N) is 1. The molecule has 2 aliphatic rings. The van der Waals surface area contributed by atoms with Gasteiger partial charge in [-0.05, 0) is 38.3 Å². The normalized spacial score (nSPS) is 21.2. The molecule has 1 atom stereocenters. The molecule has 3 rings (SSSR count). The Balaban J connectivity index is 1.77. The second-order valence-electron chi connectivity index (χ2n) is 6.76. The number of fused-ring (bicyclic) bond motifs is 1. The van der Waals surface area contributed by atoms with Gasteiger partial charge < -0.3 is 15.0 Å². The Morgan fingerprint density at radius 1 is 1.29 bits per heavy atom. The summed E-state index contributed by atoms with van der Waals surface area (Å²) in [4.78, 5) is 26.5. The molecule has 0 bridgehead atoms. The van der Waals surface area contributed by atoms with Crippen LogP contribution >= 0.6 is 0 Å². The zero-order valence-electron chi connectivity index (χ0n) is 14.5. The van der Waals surface area contributed by atoms with Crippen LogP contribution in [0, 0.1) is 5.92 Å². The smallest absolute Gasteiger partial charge is 0.267 e. The maximum Gasteiger partial charge on any atom is 0.267 e. The number of anilines is 2. The van der Waals surface area contributed by atoms with Crippen molar-refractivity contribution in [2.75, 3.05) is 16.8 Å². The lowest BCUT2D eigenvalue weighted by molar-refractivity contribution is -0.125. The lowest BCUT2D eigenvalue weighted by Crippen LogP contribution is -2.44. The highest BCUT2D eigenvalue weighted by molar-refractivity contribution is 6.00. The van der Waals surface area contributed by atoms with Crippen molar-refractivity contribution in [1.82, 2.24) is 0 Å². The number of carbonyl (C=O) groups is 2. The van der Waals surface area contributed by atoms with Gasteiger partial charge in [0, 0.05) is 24.2 Å². The number of benzene rings is 1. The molecule has 1 unspecified atom stereocenters. The van der Waals surface area contributed by atoms with Gasteiger partial charge in [-0.3, -0.25) is 9.59 Å². The first-order chi connectivity index (χ1) is 11.6. The molecule has 1 aliphatic carbocycles. The van der Waals surface area contributed by atoms with E-state index in [1.165, 1.54) is 6.42 Å². The molecule has 5 nitrogen and oxygen atoms in total. The molecule has 130 valence electrons. The summed E-state index contributed by atoms with van der Waals surface area (Å²) in [5.74, 6) is 0.869. The van der Waals surface area contributed by atoms with Gasteiger partial charge in [0.15, 0.2) is 6.10 Å². The van der Waals surface area contributed by atoms with E-state index in [1.807, 2.05) is 25.1 Å². The summed E-state index contributed by atoms with van der Waals surface area (Å²) in [6.45, 7) is 4.49. The molecular formula is C19H26N2O3. The molecule has 5 heteroatoms. The minimum Gasteiger partial charge on any atom is -0.479 e. The van der Waals surface area contributed by atoms with E-state index in [2.05, 4.69) is 5.32 Å². The molecule has 0 radical (unpaired) electrons. The van der Waals surface area contributed by atoms with Crippen molar-refractivity contribution < 1.29 is 14.3 Å². The van der Waals surface area contributed by atoms with Crippen LogP contribution in [-0.2, 0) is 9.59 Å². The molecule has 1 heterocycles. The minimum atomic E-state index is -0.492. The standard InChI is InChI=1S/C19H26N2O3/c1-3-11-21-16-10-9-15(12-17(16)24-13(2)19(21)23)20-18(22)14-7-5-4-6-8-14/h9-10,12-14H,3-8,11H2,1-2H3,(H,20,22). The van der Waals surface area contributed by atoms with E-state index in [0.29, 0.717) is 12.3 Å². The zero-order valence-corrected chi connectivity index (χ0v) is 14.5. The fraction of sp³-hybridized carbons (Fsp3) is 0.579. The van der Waals surface area contributed by atoms with Gasteiger partial charge in [0.05, 0.1) is 5.69 Å². The first kappa shape index (κ1) is 16.8. The molecule has 0 saturated heterocycles.